The number of hydrogen-bond acceptors (Lipinski definition) is 7. The summed E-state index contributed by atoms with van der Waals surface area (Å²) in [4.78, 5) is 26.2. The van der Waals surface area contributed by atoms with E-state index in [0.717, 1.165) is 5.56 Å². The van der Waals surface area contributed by atoms with Gasteiger partial charge in [0.1, 0.15) is 11.5 Å². The van der Waals surface area contributed by atoms with Gasteiger partial charge in [-0.1, -0.05) is 18.2 Å². The largest absolute Gasteiger partial charge is 0.467 e. The zero-order valence-corrected chi connectivity index (χ0v) is 16.5. The minimum atomic E-state index is -0.372. The van der Waals surface area contributed by atoms with Crippen LogP contribution in [0.1, 0.15) is 37.4 Å². The number of fused-ring (bicyclic) bond motifs is 1. The van der Waals surface area contributed by atoms with Crippen LogP contribution in [0.15, 0.2) is 36.4 Å². The number of aryl methyl sites for hydroxylation is 1. The quantitative estimate of drug-likeness (QED) is 0.684. The molecule has 29 heavy (non-hydrogen) atoms. The first-order valence-electron chi connectivity index (χ1n) is 8.93. The van der Waals surface area contributed by atoms with E-state index in [1.165, 1.54) is 20.3 Å². The van der Waals surface area contributed by atoms with E-state index in [-0.39, 0.29) is 54.2 Å². The van der Waals surface area contributed by atoms with Crippen LogP contribution in [0.2, 0.25) is 0 Å². The van der Waals surface area contributed by atoms with E-state index in [9.17, 15) is 14.7 Å². The van der Waals surface area contributed by atoms with E-state index in [1.807, 2.05) is 6.92 Å². The summed E-state index contributed by atoms with van der Waals surface area (Å²) < 4.78 is 20.9. The van der Waals surface area contributed by atoms with Gasteiger partial charge in [-0.3, -0.25) is 9.59 Å². The molecule has 0 bridgehead atoms. The first-order valence-corrected chi connectivity index (χ1v) is 8.93. The maximum absolute atomic E-state index is 13.3. The molecule has 7 heteroatoms. The van der Waals surface area contributed by atoms with Crippen LogP contribution in [0.4, 0.5) is 0 Å². The lowest BCUT2D eigenvalue weighted by Gasteiger charge is -2.22. The fraction of sp³-hybridized carbons (Fsp3) is 0.273. The molecule has 0 saturated carbocycles. The van der Waals surface area contributed by atoms with E-state index in [0.29, 0.717) is 16.9 Å². The van der Waals surface area contributed by atoms with Crippen molar-refractivity contribution in [3.8, 4) is 11.5 Å². The van der Waals surface area contributed by atoms with Gasteiger partial charge in [0.2, 0.25) is 0 Å². The van der Waals surface area contributed by atoms with Gasteiger partial charge in [-0.25, -0.2) is 0 Å². The van der Waals surface area contributed by atoms with Gasteiger partial charge in [0, 0.05) is 30.9 Å². The summed E-state index contributed by atoms with van der Waals surface area (Å²) in [6, 6.07) is 8.31. The first kappa shape index (κ1) is 20.7. The molecule has 3 rings (SSSR count). The van der Waals surface area contributed by atoms with E-state index in [4.69, 9.17) is 18.9 Å². The smallest absolute Gasteiger partial charge is 0.194 e. The molecule has 0 radical (unpaired) electrons. The molecule has 0 amide bonds. The van der Waals surface area contributed by atoms with Crippen LogP contribution in [-0.4, -0.2) is 44.5 Å². The Balaban J connectivity index is 2.14. The van der Waals surface area contributed by atoms with Gasteiger partial charge in [0.05, 0.1) is 12.2 Å². The molecular weight excluding hydrogens is 376 g/mol. The lowest BCUT2D eigenvalue weighted by Crippen LogP contribution is -2.19. The van der Waals surface area contributed by atoms with Crippen LogP contribution in [0.5, 0.6) is 11.5 Å². The summed E-state index contributed by atoms with van der Waals surface area (Å²) in [5.74, 6) is -0.0922. The molecule has 0 spiro atoms. The van der Waals surface area contributed by atoms with Crippen molar-refractivity contribution in [3.05, 3.63) is 64.2 Å². The Kier molecular flexibility index (Phi) is 6.43. The normalized spacial score (nSPS) is 13.2. The highest BCUT2D eigenvalue weighted by Crippen LogP contribution is 2.38. The molecule has 1 aliphatic carbocycles. The van der Waals surface area contributed by atoms with E-state index < -0.39 is 0 Å². The first-order chi connectivity index (χ1) is 14.0. The molecule has 0 atom stereocenters. The van der Waals surface area contributed by atoms with Crippen molar-refractivity contribution in [1.82, 2.24) is 0 Å². The summed E-state index contributed by atoms with van der Waals surface area (Å²) >= 11 is 0. The van der Waals surface area contributed by atoms with Crippen LogP contribution in [0.25, 0.3) is 5.57 Å². The predicted molar refractivity (Wildman–Crippen MR) is 105 cm³/mol. The minimum absolute atomic E-state index is 0.0394. The number of carbonyl (C=O) groups is 2. The van der Waals surface area contributed by atoms with Gasteiger partial charge in [-0.2, -0.15) is 0 Å². The zero-order valence-electron chi connectivity index (χ0n) is 16.5. The molecule has 1 aliphatic rings. The number of aliphatic hydroxyl groups excluding tert-OH is 1. The molecule has 0 aliphatic heterocycles. The molecular formula is C22H22O7. The Labute approximate surface area is 168 Å². The number of ketones is 2. The van der Waals surface area contributed by atoms with Crippen molar-refractivity contribution in [2.45, 2.75) is 13.5 Å². The highest BCUT2D eigenvalue weighted by atomic mass is 16.7. The lowest BCUT2D eigenvalue weighted by atomic mass is 9.83. The minimum Gasteiger partial charge on any atom is -0.467 e. The van der Waals surface area contributed by atoms with Gasteiger partial charge >= 0.3 is 0 Å². The van der Waals surface area contributed by atoms with E-state index in [2.05, 4.69) is 0 Å². The zero-order chi connectivity index (χ0) is 21.0. The Bertz CT molecular complexity index is 975. The van der Waals surface area contributed by atoms with Crippen molar-refractivity contribution < 1.29 is 33.6 Å². The van der Waals surface area contributed by atoms with Gasteiger partial charge in [0.15, 0.2) is 25.2 Å². The van der Waals surface area contributed by atoms with Crippen molar-refractivity contribution in [2.75, 3.05) is 27.8 Å². The molecule has 152 valence electrons. The van der Waals surface area contributed by atoms with Crippen molar-refractivity contribution in [3.63, 3.8) is 0 Å². The molecule has 0 heterocycles. The van der Waals surface area contributed by atoms with Crippen molar-refractivity contribution >= 4 is 17.1 Å². The summed E-state index contributed by atoms with van der Waals surface area (Å²) in [7, 11) is 2.95. The third kappa shape index (κ3) is 4.07. The second kappa shape index (κ2) is 9.00. The predicted octanol–water partition coefficient (Wildman–Crippen LogP) is 2.92. The molecule has 2 aromatic rings. The average molecular weight is 398 g/mol. The maximum atomic E-state index is 13.3. The Morgan fingerprint density at radius 1 is 0.931 bits per heavy atom. The third-order valence-corrected chi connectivity index (χ3v) is 4.47. The second-order valence-electron chi connectivity index (χ2n) is 6.49. The van der Waals surface area contributed by atoms with Gasteiger partial charge in [-0.05, 0) is 36.3 Å². The average Bonchev–Trinajstić information content (AvgIpc) is 2.72. The summed E-state index contributed by atoms with van der Waals surface area (Å²) in [5, 5.41) is 9.87. The van der Waals surface area contributed by atoms with E-state index >= 15 is 0 Å². The Morgan fingerprint density at radius 3 is 2.28 bits per heavy atom. The fourth-order valence-electron chi connectivity index (χ4n) is 3.31. The molecule has 2 aromatic carbocycles. The van der Waals surface area contributed by atoms with E-state index in [1.54, 1.807) is 30.3 Å². The maximum Gasteiger partial charge on any atom is 0.194 e. The standard InChI is InChI=1S/C22H22O7/c1-13-7-14(10-23)20(19(8-13)29-12-27-3)16-9-17(24)21-15(22(16)25)5-4-6-18(21)28-11-26-2/h4-9,23H,10-12H2,1-3H3. The van der Waals surface area contributed by atoms with Gasteiger partial charge in [-0.15, -0.1) is 0 Å². The molecule has 1 N–H and O–H groups in total. The number of methoxy groups -OCH3 is 2. The Morgan fingerprint density at radius 2 is 1.62 bits per heavy atom. The fourth-order valence-corrected chi connectivity index (χ4v) is 3.31. The highest BCUT2D eigenvalue weighted by molar-refractivity contribution is 6.39. The SMILES string of the molecule is COCOc1cc(C)cc(CO)c1C1=CC(=O)c2c(OCOC)cccc2C1=O. The lowest BCUT2D eigenvalue weighted by molar-refractivity contribution is 0.0502. The number of ether oxygens (including phenoxy) is 4. The number of Topliss-reactive ketones (excluding diaryl/α,β-unsaturated/α-hetero) is 1. The summed E-state index contributed by atoms with van der Waals surface area (Å²) in [6.45, 7) is 1.45. The van der Waals surface area contributed by atoms with Crippen LogP contribution in [-0.2, 0) is 16.1 Å². The summed E-state index contributed by atoms with van der Waals surface area (Å²) in [5.41, 5.74) is 2.27. The topological polar surface area (TPSA) is 91.3 Å². The number of aliphatic hydroxyl groups is 1. The molecule has 7 nitrogen and oxygen atoms in total. The van der Waals surface area contributed by atoms with Crippen molar-refractivity contribution in [2.24, 2.45) is 0 Å². The number of benzene rings is 2. The van der Waals surface area contributed by atoms with Gasteiger partial charge < -0.3 is 24.1 Å². The second-order valence-corrected chi connectivity index (χ2v) is 6.49. The number of allylic oxidation sites excluding steroid dienone is 2. The van der Waals surface area contributed by atoms with Crippen LogP contribution in [0, 0.1) is 6.92 Å². The highest BCUT2D eigenvalue weighted by Gasteiger charge is 2.32. The number of carbonyl (C=O) groups excluding carboxylic acids is 2. The van der Waals surface area contributed by atoms with Crippen molar-refractivity contribution in [1.29, 1.82) is 0 Å². The summed E-state index contributed by atoms with van der Waals surface area (Å²) in [6.07, 6.45) is 1.26. The molecule has 0 unspecified atom stereocenters. The van der Waals surface area contributed by atoms with Gasteiger partial charge in [0.25, 0.3) is 0 Å². The number of rotatable bonds is 8. The molecule has 0 saturated heterocycles. The molecule has 0 fully saturated rings. The van der Waals surface area contributed by atoms with Crippen LogP contribution >= 0.6 is 0 Å². The monoisotopic (exact) mass is 398 g/mol. The van der Waals surface area contributed by atoms with Crippen LogP contribution < -0.4 is 9.47 Å². The number of hydrogen-bond donors (Lipinski definition) is 1. The van der Waals surface area contributed by atoms with Crippen LogP contribution in [0.3, 0.4) is 0 Å². The Hall–Kier alpha value is -3.00. The molecule has 0 aromatic heterocycles. The third-order valence-electron chi connectivity index (χ3n) is 4.47.